The van der Waals surface area contributed by atoms with Gasteiger partial charge >= 0.3 is 0 Å². The fourth-order valence-corrected chi connectivity index (χ4v) is 1.39. The van der Waals surface area contributed by atoms with Gasteiger partial charge < -0.3 is 5.11 Å². The molecular weight excluding hydrogens is 179 g/mol. The molecule has 1 nitrogen and oxygen atoms in total. The lowest BCUT2D eigenvalue weighted by Gasteiger charge is -2.15. The van der Waals surface area contributed by atoms with Gasteiger partial charge in [-0.25, -0.2) is 4.39 Å². The number of benzene rings is 1. The number of aliphatic hydroxyl groups is 1. The average molecular weight is 194 g/mol. The van der Waals surface area contributed by atoms with Crippen molar-refractivity contribution in [1.82, 2.24) is 0 Å². The molecule has 1 rings (SSSR count). The Morgan fingerprint density at radius 2 is 2.00 bits per heavy atom. The molecule has 2 atom stereocenters. The highest BCUT2D eigenvalue weighted by molar-refractivity contribution is 5.15. The van der Waals surface area contributed by atoms with Crippen LogP contribution in [0.4, 0.5) is 4.39 Å². The molecule has 76 valence electrons. The van der Waals surface area contributed by atoms with Gasteiger partial charge in [0, 0.05) is 12.5 Å². The number of allylic oxidation sites excluding steroid dienone is 1. The highest BCUT2D eigenvalue weighted by atomic mass is 19.1. The number of aliphatic hydroxyl groups excluding tert-OH is 1. The molecule has 0 bridgehead atoms. The Labute approximate surface area is 83.9 Å². The van der Waals surface area contributed by atoms with Gasteiger partial charge in [-0.3, -0.25) is 0 Å². The third kappa shape index (κ3) is 2.96. The van der Waals surface area contributed by atoms with Gasteiger partial charge in [-0.05, 0) is 12.0 Å². The van der Waals surface area contributed by atoms with Crippen molar-refractivity contribution in [3.63, 3.8) is 0 Å². The van der Waals surface area contributed by atoms with E-state index in [2.05, 4.69) is 6.58 Å². The molecule has 1 N–H and O–H groups in total. The van der Waals surface area contributed by atoms with Crippen LogP contribution in [-0.4, -0.2) is 17.9 Å². The van der Waals surface area contributed by atoms with Gasteiger partial charge in [-0.15, -0.1) is 6.58 Å². The summed E-state index contributed by atoms with van der Waals surface area (Å²) in [5, 5.41) is 9.00. The standard InChI is InChI=1S/C12H15FO/c1-2-12(13)11(9-14)8-10-6-4-3-5-7-10/h2-7,11-12,14H,1,8-9H2. The summed E-state index contributed by atoms with van der Waals surface area (Å²) in [5.41, 5.74) is 1.04. The largest absolute Gasteiger partial charge is 0.396 e. The Morgan fingerprint density at radius 3 is 2.50 bits per heavy atom. The highest BCUT2D eigenvalue weighted by Gasteiger charge is 2.17. The Kier molecular flexibility index (Phi) is 4.33. The molecule has 1 aromatic carbocycles. The predicted molar refractivity (Wildman–Crippen MR) is 55.8 cm³/mol. The minimum absolute atomic E-state index is 0.151. The quantitative estimate of drug-likeness (QED) is 0.713. The third-order valence-corrected chi connectivity index (χ3v) is 2.25. The molecule has 0 saturated carbocycles. The van der Waals surface area contributed by atoms with Crippen LogP contribution >= 0.6 is 0 Å². The van der Waals surface area contributed by atoms with E-state index < -0.39 is 6.17 Å². The van der Waals surface area contributed by atoms with Crippen LogP contribution in [0.2, 0.25) is 0 Å². The number of halogens is 1. The molecular formula is C12H15FO. The van der Waals surface area contributed by atoms with E-state index in [9.17, 15) is 4.39 Å². The summed E-state index contributed by atoms with van der Waals surface area (Å²) in [7, 11) is 0. The molecule has 0 heterocycles. The monoisotopic (exact) mass is 194 g/mol. The minimum atomic E-state index is -1.14. The van der Waals surface area contributed by atoms with E-state index >= 15 is 0 Å². The van der Waals surface area contributed by atoms with Gasteiger partial charge in [0.1, 0.15) is 6.17 Å². The highest BCUT2D eigenvalue weighted by Crippen LogP contribution is 2.15. The van der Waals surface area contributed by atoms with E-state index in [1.54, 1.807) is 0 Å². The summed E-state index contributed by atoms with van der Waals surface area (Å²) < 4.78 is 13.2. The first-order valence-electron chi connectivity index (χ1n) is 4.69. The lowest BCUT2D eigenvalue weighted by molar-refractivity contribution is 0.164. The first-order chi connectivity index (χ1) is 6.77. The van der Waals surface area contributed by atoms with Crippen molar-refractivity contribution in [2.24, 2.45) is 5.92 Å². The molecule has 0 aromatic heterocycles. The maximum Gasteiger partial charge on any atom is 0.123 e. The topological polar surface area (TPSA) is 20.2 Å². The number of alkyl halides is 1. The van der Waals surface area contributed by atoms with E-state index in [1.807, 2.05) is 30.3 Å². The molecule has 14 heavy (non-hydrogen) atoms. The van der Waals surface area contributed by atoms with Gasteiger partial charge in [0.25, 0.3) is 0 Å². The maximum absolute atomic E-state index is 13.2. The smallest absolute Gasteiger partial charge is 0.123 e. The van der Waals surface area contributed by atoms with Gasteiger partial charge in [0.2, 0.25) is 0 Å². The molecule has 0 aliphatic carbocycles. The molecule has 0 aliphatic heterocycles. The minimum Gasteiger partial charge on any atom is -0.396 e. The Bertz CT molecular complexity index is 271. The van der Waals surface area contributed by atoms with Crippen molar-refractivity contribution in [2.75, 3.05) is 6.61 Å². The number of hydrogen-bond donors (Lipinski definition) is 1. The molecule has 0 amide bonds. The zero-order valence-corrected chi connectivity index (χ0v) is 8.07. The van der Waals surface area contributed by atoms with Crippen molar-refractivity contribution >= 4 is 0 Å². The van der Waals surface area contributed by atoms with Crippen molar-refractivity contribution in [3.05, 3.63) is 48.6 Å². The van der Waals surface area contributed by atoms with Crippen LogP contribution in [0.5, 0.6) is 0 Å². The van der Waals surface area contributed by atoms with Gasteiger partial charge in [0.05, 0.1) is 0 Å². The predicted octanol–water partition coefficient (Wildman–Crippen LogP) is 2.36. The average Bonchev–Trinajstić information content (AvgIpc) is 2.26. The Balaban J connectivity index is 2.61. The zero-order chi connectivity index (χ0) is 10.4. The Hall–Kier alpha value is -1.15. The summed E-state index contributed by atoms with van der Waals surface area (Å²) in [5.74, 6) is -0.380. The fraction of sp³-hybridized carbons (Fsp3) is 0.333. The summed E-state index contributed by atoms with van der Waals surface area (Å²) in [6.45, 7) is 3.23. The molecule has 0 aliphatic rings. The van der Waals surface area contributed by atoms with Crippen LogP contribution in [0.25, 0.3) is 0 Å². The van der Waals surface area contributed by atoms with Crippen molar-refractivity contribution in [3.8, 4) is 0 Å². The number of hydrogen-bond acceptors (Lipinski definition) is 1. The second-order valence-electron chi connectivity index (χ2n) is 3.31. The fourth-order valence-electron chi connectivity index (χ4n) is 1.39. The second kappa shape index (κ2) is 5.55. The van der Waals surface area contributed by atoms with E-state index in [0.717, 1.165) is 5.56 Å². The van der Waals surface area contributed by atoms with Crippen molar-refractivity contribution in [2.45, 2.75) is 12.6 Å². The summed E-state index contributed by atoms with van der Waals surface area (Å²) in [6.07, 6.45) is 0.647. The van der Waals surface area contributed by atoms with Crippen LogP contribution in [0.3, 0.4) is 0 Å². The molecule has 0 fully saturated rings. The van der Waals surface area contributed by atoms with Gasteiger partial charge in [0.15, 0.2) is 0 Å². The lowest BCUT2D eigenvalue weighted by atomic mass is 9.96. The zero-order valence-electron chi connectivity index (χ0n) is 8.07. The van der Waals surface area contributed by atoms with E-state index in [1.165, 1.54) is 6.08 Å². The molecule has 1 aromatic rings. The van der Waals surface area contributed by atoms with Crippen LogP contribution in [0.1, 0.15) is 5.56 Å². The van der Waals surface area contributed by atoms with Gasteiger partial charge in [-0.1, -0.05) is 36.4 Å². The van der Waals surface area contributed by atoms with Crippen LogP contribution < -0.4 is 0 Å². The van der Waals surface area contributed by atoms with E-state index in [4.69, 9.17) is 5.11 Å². The van der Waals surface area contributed by atoms with Crippen molar-refractivity contribution in [1.29, 1.82) is 0 Å². The summed E-state index contributed by atoms with van der Waals surface area (Å²) in [4.78, 5) is 0. The summed E-state index contributed by atoms with van der Waals surface area (Å²) in [6, 6.07) is 9.59. The van der Waals surface area contributed by atoms with Gasteiger partial charge in [-0.2, -0.15) is 0 Å². The number of rotatable bonds is 5. The lowest BCUT2D eigenvalue weighted by Crippen LogP contribution is -2.20. The van der Waals surface area contributed by atoms with Crippen LogP contribution in [0, 0.1) is 5.92 Å². The van der Waals surface area contributed by atoms with Crippen LogP contribution in [-0.2, 0) is 6.42 Å². The molecule has 0 radical (unpaired) electrons. The van der Waals surface area contributed by atoms with Crippen molar-refractivity contribution < 1.29 is 9.50 Å². The van der Waals surface area contributed by atoms with E-state index in [0.29, 0.717) is 6.42 Å². The van der Waals surface area contributed by atoms with Crippen LogP contribution in [0.15, 0.2) is 43.0 Å². The maximum atomic E-state index is 13.2. The molecule has 2 unspecified atom stereocenters. The Morgan fingerprint density at radius 1 is 1.36 bits per heavy atom. The molecule has 2 heteroatoms. The second-order valence-corrected chi connectivity index (χ2v) is 3.31. The first kappa shape index (κ1) is 10.9. The molecule has 0 saturated heterocycles. The third-order valence-electron chi connectivity index (χ3n) is 2.25. The molecule has 0 spiro atoms. The summed E-state index contributed by atoms with van der Waals surface area (Å²) >= 11 is 0. The van der Waals surface area contributed by atoms with E-state index in [-0.39, 0.29) is 12.5 Å². The normalized spacial score (nSPS) is 14.7. The first-order valence-corrected chi connectivity index (χ1v) is 4.69. The SMILES string of the molecule is C=CC(F)C(CO)Cc1ccccc1.